The maximum Gasteiger partial charge on any atom is 0.253 e. The van der Waals surface area contributed by atoms with Crippen molar-refractivity contribution in [1.29, 1.82) is 0 Å². The van der Waals surface area contributed by atoms with Crippen LogP contribution in [0.1, 0.15) is 25.0 Å². The average Bonchev–Trinajstić information content (AvgIpc) is 3.44. The van der Waals surface area contributed by atoms with E-state index < -0.39 is 29.3 Å². The lowest BCUT2D eigenvalue weighted by molar-refractivity contribution is -0.132. The number of anilines is 3. The molecule has 2 fully saturated rings. The summed E-state index contributed by atoms with van der Waals surface area (Å²) in [5, 5.41) is 6.03. The molecule has 8 nitrogen and oxygen atoms in total. The number of carbonyl (C=O) groups is 4. The van der Waals surface area contributed by atoms with Crippen LogP contribution < -0.4 is 20.4 Å². The van der Waals surface area contributed by atoms with E-state index in [2.05, 4.69) is 10.6 Å². The van der Waals surface area contributed by atoms with Crippen LogP contribution in [0.3, 0.4) is 0 Å². The molecule has 0 aromatic heterocycles. The summed E-state index contributed by atoms with van der Waals surface area (Å²) >= 11 is 0. The van der Waals surface area contributed by atoms with Crippen LogP contribution in [0.4, 0.5) is 21.5 Å². The van der Waals surface area contributed by atoms with E-state index in [1.807, 2.05) is 31.2 Å². The van der Waals surface area contributed by atoms with E-state index in [1.54, 1.807) is 41.3 Å². The quantitative estimate of drug-likeness (QED) is 0.523. The number of nitrogens with one attached hydrogen (secondary N) is 2. The first kappa shape index (κ1) is 24.0. The fourth-order valence-corrected chi connectivity index (χ4v) is 6.19. The maximum absolute atomic E-state index is 14.3. The molecule has 3 aromatic carbocycles. The lowest BCUT2D eigenvalue weighted by Crippen LogP contribution is -2.54. The molecule has 192 valence electrons. The van der Waals surface area contributed by atoms with Crippen LogP contribution in [0.2, 0.25) is 0 Å². The Kier molecular flexibility index (Phi) is 5.43. The van der Waals surface area contributed by atoms with Crippen molar-refractivity contribution in [1.82, 2.24) is 5.32 Å². The molecule has 2 N–H and O–H groups in total. The van der Waals surface area contributed by atoms with Crippen molar-refractivity contribution in [3.05, 3.63) is 89.7 Å². The molecule has 4 atom stereocenters. The van der Waals surface area contributed by atoms with Gasteiger partial charge in [-0.3, -0.25) is 24.5 Å². The fraction of sp³-hybridized carbons (Fsp3) is 0.241. The number of hydrogen-bond donors (Lipinski definition) is 2. The lowest BCUT2D eigenvalue weighted by Gasteiger charge is -2.30. The first-order valence-electron chi connectivity index (χ1n) is 12.4. The molecule has 3 aliphatic heterocycles. The summed E-state index contributed by atoms with van der Waals surface area (Å²) < 4.78 is 13.5. The van der Waals surface area contributed by atoms with Gasteiger partial charge in [-0.1, -0.05) is 30.3 Å². The Morgan fingerprint density at radius 2 is 1.66 bits per heavy atom. The Morgan fingerprint density at radius 3 is 2.34 bits per heavy atom. The highest BCUT2D eigenvalue weighted by Crippen LogP contribution is 2.55. The summed E-state index contributed by atoms with van der Waals surface area (Å²) in [6.07, 6.45) is 0. The van der Waals surface area contributed by atoms with Gasteiger partial charge in [0.25, 0.3) is 5.91 Å². The molecule has 0 saturated carbocycles. The van der Waals surface area contributed by atoms with E-state index in [9.17, 15) is 23.6 Å². The molecule has 9 heteroatoms. The molecule has 0 unspecified atom stereocenters. The molecule has 3 heterocycles. The van der Waals surface area contributed by atoms with Crippen LogP contribution in [0.25, 0.3) is 0 Å². The summed E-state index contributed by atoms with van der Waals surface area (Å²) in [5.74, 6) is -3.40. The van der Waals surface area contributed by atoms with Gasteiger partial charge in [-0.05, 0) is 55.0 Å². The monoisotopic (exact) mass is 512 g/mol. The normalized spacial score (nSPS) is 25.8. The summed E-state index contributed by atoms with van der Waals surface area (Å²) in [7, 11) is 0. The van der Waals surface area contributed by atoms with Crippen LogP contribution in [-0.2, 0) is 31.3 Å². The minimum absolute atomic E-state index is 0.196. The Bertz CT molecular complexity index is 1490. The Labute approximate surface area is 218 Å². The van der Waals surface area contributed by atoms with E-state index in [0.717, 1.165) is 10.5 Å². The number of para-hydroxylation sites is 1. The van der Waals surface area contributed by atoms with Crippen LogP contribution >= 0.6 is 0 Å². The fourth-order valence-electron chi connectivity index (χ4n) is 6.19. The van der Waals surface area contributed by atoms with Crippen LogP contribution in [0.15, 0.2) is 72.8 Å². The van der Waals surface area contributed by atoms with Gasteiger partial charge < -0.3 is 10.2 Å². The zero-order valence-corrected chi connectivity index (χ0v) is 20.8. The number of imide groups is 1. The summed E-state index contributed by atoms with van der Waals surface area (Å²) in [6, 6.07) is 19.3. The molecule has 0 bridgehead atoms. The third-order valence-electron chi connectivity index (χ3n) is 7.71. The van der Waals surface area contributed by atoms with Crippen molar-refractivity contribution in [3.63, 3.8) is 0 Å². The van der Waals surface area contributed by atoms with Crippen LogP contribution in [0, 0.1) is 17.7 Å². The minimum Gasteiger partial charge on any atom is -0.326 e. The van der Waals surface area contributed by atoms with Crippen LogP contribution in [0.5, 0.6) is 0 Å². The second kappa shape index (κ2) is 8.59. The zero-order chi connectivity index (χ0) is 26.8. The van der Waals surface area contributed by atoms with Crippen LogP contribution in [-0.4, -0.2) is 29.7 Å². The molecule has 6 rings (SSSR count). The molecule has 1 spiro atoms. The van der Waals surface area contributed by atoms with Crippen molar-refractivity contribution < 1.29 is 23.6 Å². The van der Waals surface area contributed by atoms with E-state index in [0.29, 0.717) is 22.6 Å². The topological polar surface area (TPSA) is 98.8 Å². The molecule has 3 aliphatic rings. The SMILES string of the molecule is CC(=O)Nc1ccc(N2C(=O)[C@@H]3[C@H](C)N[C@]4(C(=O)N(Cc5ccc(F)cc5)c5ccccc54)[C@@H]3C2=O)cc1. The van der Waals surface area contributed by atoms with Gasteiger partial charge in [0.2, 0.25) is 17.7 Å². The summed E-state index contributed by atoms with van der Waals surface area (Å²) in [4.78, 5) is 56.1. The van der Waals surface area contributed by atoms with Gasteiger partial charge in [0.1, 0.15) is 11.4 Å². The largest absolute Gasteiger partial charge is 0.326 e. The molecular weight excluding hydrogens is 487 g/mol. The maximum atomic E-state index is 14.3. The molecule has 0 radical (unpaired) electrons. The molecule has 38 heavy (non-hydrogen) atoms. The predicted molar refractivity (Wildman–Crippen MR) is 139 cm³/mol. The number of amides is 4. The van der Waals surface area contributed by atoms with Crippen molar-refractivity contribution in [2.24, 2.45) is 11.8 Å². The first-order valence-corrected chi connectivity index (χ1v) is 12.4. The summed E-state index contributed by atoms with van der Waals surface area (Å²) in [6.45, 7) is 3.41. The number of halogens is 1. The molecule has 4 amide bonds. The Hall–Kier alpha value is -4.37. The van der Waals surface area contributed by atoms with Crippen molar-refractivity contribution in [2.45, 2.75) is 32.0 Å². The highest BCUT2D eigenvalue weighted by atomic mass is 19.1. The standard InChI is InChI=1S/C29H25FN4O4/c1-16-24-25(27(37)34(26(24)36)21-13-11-20(12-14-21)31-17(2)35)29(32-16)22-5-3-4-6-23(22)33(28(29)38)15-18-7-9-19(30)10-8-18/h3-14,16,24-25,32H,15H2,1-2H3,(H,31,35)/t16-,24+,25-,29-/m0/s1. The lowest BCUT2D eigenvalue weighted by atomic mass is 9.76. The number of carbonyl (C=O) groups excluding carboxylic acids is 4. The Balaban J connectivity index is 1.40. The third kappa shape index (κ3) is 3.39. The molecular formula is C29H25FN4O4. The molecule has 2 saturated heterocycles. The van der Waals surface area contributed by atoms with Crippen molar-refractivity contribution in [3.8, 4) is 0 Å². The van der Waals surface area contributed by atoms with Gasteiger partial charge in [0.05, 0.1) is 24.1 Å². The van der Waals surface area contributed by atoms with Gasteiger partial charge in [0.15, 0.2) is 0 Å². The number of hydrogen-bond acceptors (Lipinski definition) is 5. The van der Waals surface area contributed by atoms with Crippen molar-refractivity contribution in [2.75, 3.05) is 15.1 Å². The second-order valence-electron chi connectivity index (χ2n) is 10.0. The van der Waals surface area contributed by atoms with Gasteiger partial charge in [-0.15, -0.1) is 0 Å². The first-order chi connectivity index (χ1) is 18.2. The van der Waals surface area contributed by atoms with E-state index in [4.69, 9.17) is 0 Å². The highest BCUT2D eigenvalue weighted by Gasteiger charge is 2.71. The highest BCUT2D eigenvalue weighted by molar-refractivity contribution is 6.26. The summed E-state index contributed by atoms with van der Waals surface area (Å²) in [5.41, 5.74) is 1.56. The smallest absolute Gasteiger partial charge is 0.253 e. The predicted octanol–water partition coefficient (Wildman–Crippen LogP) is 3.32. The Morgan fingerprint density at radius 1 is 0.974 bits per heavy atom. The van der Waals surface area contributed by atoms with E-state index >= 15 is 0 Å². The third-order valence-corrected chi connectivity index (χ3v) is 7.71. The second-order valence-corrected chi connectivity index (χ2v) is 10.0. The zero-order valence-electron chi connectivity index (χ0n) is 20.8. The minimum atomic E-state index is -1.40. The average molecular weight is 513 g/mol. The van der Waals surface area contributed by atoms with Gasteiger partial charge in [-0.2, -0.15) is 0 Å². The number of fused-ring (bicyclic) bond motifs is 4. The van der Waals surface area contributed by atoms with Gasteiger partial charge >= 0.3 is 0 Å². The van der Waals surface area contributed by atoms with Gasteiger partial charge in [0, 0.05) is 29.9 Å². The molecule has 0 aliphatic carbocycles. The van der Waals surface area contributed by atoms with E-state index in [1.165, 1.54) is 19.1 Å². The molecule has 3 aromatic rings. The number of rotatable bonds is 4. The van der Waals surface area contributed by atoms with Gasteiger partial charge in [-0.25, -0.2) is 9.29 Å². The van der Waals surface area contributed by atoms with Crippen molar-refractivity contribution >= 4 is 40.7 Å². The number of benzene rings is 3. The number of nitrogens with zero attached hydrogens (tertiary/aromatic N) is 2. The van der Waals surface area contributed by atoms with E-state index in [-0.39, 0.29) is 30.1 Å².